The standard InChI is InChI=1S/C16H24FN/c1-12(9-10-18-15-6-7-15)3-4-14-5-8-16(17)13(2)11-14/h5,8,11-12,15,18H,3-4,6-7,9-10H2,1-2H3. The molecule has 0 saturated heterocycles. The maximum atomic E-state index is 13.1. The Hall–Kier alpha value is -0.890. The summed E-state index contributed by atoms with van der Waals surface area (Å²) in [6, 6.07) is 6.29. The minimum atomic E-state index is -0.0968. The van der Waals surface area contributed by atoms with E-state index < -0.39 is 0 Å². The van der Waals surface area contributed by atoms with Crippen LogP contribution in [0.5, 0.6) is 0 Å². The molecule has 1 nitrogen and oxygen atoms in total. The third kappa shape index (κ3) is 4.41. The number of nitrogens with one attached hydrogen (secondary N) is 1. The Morgan fingerprint density at radius 2 is 2.11 bits per heavy atom. The first kappa shape index (κ1) is 13.5. The quantitative estimate of drug-likeness (QED) is 0.774. The lowest BCUT2D eigenvalue weighted by molar-refractivity contribution is 0.469. The summed E-state index contributed by atoms with van der Waals surface area (Å²) in [6.07, 6.45) is 6.23. The molecule has 0 bridgehead atoms. The number of rotatable bonds is 7. The summed E-state index contributed by atoms with van der Waals surface area (Å²) >= 11 is 0. The molecule has 1 N–H and O–H groups in total. The third-order valence-electron chi connectivity index (χ3n) is 3.80. The molecule has 1 fully saturated rings. The summed E-state index contributed by atoms with van der Waals surface area (Å²) in [5.74, 6) is 0.641. The summed E-state index contributed by atoms with van der Waals surface area (Å²) < 4.78 is 13.1. The molecule has 2 rings (SSSR count). The maximum Gasteiger partial charge on any atom is 0.126 e. The summed E-state index contributed by atoms with van der Waals surface area (Å²) in [5, 5.41) is 3.55. The highest BCUT2D eigenvalue weighted by molar-refractivity contribution is 5.23. The van der Waals surface area contributed by atoms with Crippen LogP contribution in [0, 0.1) is 18.7 Å². The molecule has 0 amide bonds. The van der Waals surface area contributed by atoms with E-state index in [1.165, 1.54) is 31.2 Å². The molecule has 100 valence electrons. The van der Waals surface area contributed by atoms with E-state index in [0.29, 0.717) is 0 Å². The van der Waals surface area contributed by atoms with Gasteiger partial charge in [0.1, 0.15) is 5.82 Å². The number of halogens is 1. The Morgan fingerprint density at radius 3 is 2.78 bits per heavy atom. The maximum absolute atomic E-state index is 13.1. The van der Waals surface area contributed by atoms with Crippen LogP contribution >= 0.6 is 0 Å². The van der Waals surface area contributed by atoms with Gasteiger partial charge in [-0.2, -0.15) is 0 Å². The minimum absolute atomic E-state index is 0.0968. The van der Waals surface area contributed by atoms with Crippen molar-refractivity contribution >= 4 is 0 Å². The van der Waals surface area contributed by atoms with Crippen LogP contribution in [0.15, 0.2) is 18.2 Å². The molecular formula is C16H24FN. The SMILES string of the molecule is Cc1cc(CCC(C)CCNC2CC2)ccc1F. The Labute approximate surface area is 110 Å². The molecule has 1 atom stereocenters. The predicted octanol–water partition coefficient (Wildman–Crippen LogP) is 3.84. The molecule has 1 aromatic carbocycles. The van der Waals surface area contributed by atoms with Gasteiger partial charge in [0.15, 0.2) is 0 Å². The van der Waals surface area contributed by atoms with E-state index in [-0.39, 0.29) is 5.82 Å². The molecule has 0 aromatic heterocycles. The predicted molar refractivity (Wildman–Crippen MR) is 74.3 cm³/mol. The van der Waals surface area contributed by atoms with Crippen LogP contribution in [0.25, 0.3) is 0 Å². The van der Waals surface area contributed by atoms with Crippen LogP contribution < -0.4 is 5.32 Å². The van der Waals surface area contributed by atoms with Crippen molar-refractivity contribution in [1.29, 1.82) is 0 Å². The molecular weight excluding hydrogens is 225 g/mol. The highest BCUT2D eigenvalue weighted by Crippen LogP contribution is 2.19. The summed E-state index contributed by atoms with van der Waals surface area (Å²) in [7, 11) is 0. The molecule has 0 aliphatic heterocycles. The Morgan fingerprint density at radius 1 is 1.33 bits per heavy atom. The fourth-order valence-electron chi connectivity index (χ4n) is 2.24. The van der Waals surface area contributed by atoms with Crippen molar-refractivity contribution in [2.45, 2.75) is 52.0 Å². The molecule has 1 saturated carbocycles. The zero-order valence-corrected chi connectivity index (χ0v) is 11.5. The third-order valence-corrected chi connectivity index (χ3v) is 3.80. The van der Waals surface area contributed by atoms with E-state index in [9.17, 15) is 4.39 Å². The van der Waals surface area contributed by atoms with Crippen LogP contribution in [-0.4, -0.2) is 12.6 Å². The average molecular weight is 249 g/mol. The van der Waals surface area contributed by atoms with Gasteiger partial charge in [0.2, 0.25) is 0 Å². The van der Waals surface area contributed by atoms with E-state index >= 15 is 0 Å². The van der Waals surface area contributed by atoms with Crippen molar-refractivity contribution in [3.05, 3.63) is 35.1 Å². The Kier molecular flexibility index (Phi) is 4.76. The number of hydrogen-bond donors (Lipinski definition) is 1. The smallest absolute Gasteiger partial charge is 0.126 e. The molecule has 2 heteroatoms. The van der Waals surface area contributed by atoms with Crippen LogP contribution in [0.4, 0.5) is 4.39 Å². The van der Waals surface area contributed by atoms with Gasteiger partial charge < -0.3 is 5.32 Å². The lowest BCUT2D eigenvalue weighted by Crippen LogP contribution is -2.19. The van der Waals surface area contributed by atoms with Gasteiger partial charge in [0.05, 0.1) is 0 Å². The second-order valence-corrected chi connectivity index (χ2v) is 5.74. The molecule has 1 unspecified atom stereocenters. The highest BCUT2D eigenvalue weighted by Gasteiger charge is 2.19. The minimum Gasteiger partial charge on any atom is -0.314 e. The van der Waals surface area contributed by atoms with Gasteiger partial charge in [0, 0.05) is 6.04 Å². The normalized spacial score (nSPS) is 16.8. The first-order chi connectivity index (χ1) is 8.65. The largest absolute Gasteiger partial charge is 0.314 e. The molecule has 0 spiro atoms. The zero-order chi connectivity index (χ0) is 13.0. The lowest BCUT2D eigenvalue weighted by Gasteiger charge is -2.12. The van der Waals surface area contributed by atoms with E-state index in [1.807, 2.05) is 19.1 Å². The summed E-state index contributed by atoms with van der Waals surface area (Å²) in [4.78, 5) is 0. The van der Waals surface area contributed by atoms with Gasteiger partial charge in [-0.05, 0) is 68.7 Å². The van der Waals surface area contributed by atoms with Crippen LogP contribution in [0.3, 0.4) is 0 Å². The summed E-state index contributed by atoms with van der Waals surface area (Å²) in [6.45, 7) is 5.29. The lowest BCUT2D eigenvalue weighted by atomic mass is 9.97. The fourth-order valence-corrected chi connectivity index (χ4v) is 2.24. The number of hydrogen-bond acceptors (Lipinski definition) is 1. The number of benzene rings is 1. The van der Waals surface area contributed by atoms with E-state index in [2.05, 4.69) is 12.2 Å². The topological polar surface area (TPSA) is 12.0 Å². The molecule has 18 heavy (non-hydrogen) atoms. The van der Waals surface area contributed by atoms with Crippen molar-refractivity contribution < 1.29 is 4.39 Å². The van der Waals surface area contributed by atoms with Crippen LogP contribution in [0.2, 0.25) is 0 Å². The van der Waals surface area contributed by atoms with E-state index in [0.717, 1.165) is 30.5 Å². The van der Waals surface area contributed by atoms with Gasteiger partial charge in [-0.3, -0.25) is 0 Å². The van der Waals surface area contributed by atoms with Crippen molar-refractivity contribution in [2.24, 2.45) is 5.92 Å². The van der Waals surface area contributed by atoms with E-state index in [4.69, 9.17) is 0 Å². The van der Waals surface area contributed by atoms with Gasteiger partial charge in [-0.15, -0.1) is 0 Å². The van der Waals surface area contributed by atoms with Gasteiger partial charge in [-0.1, -0.05) is 19.1 Å². The molecule has 1 aromatic rings. The van der Waals surface area contributed by atoms with Crippen molar-refractivity contribution in [2.75, 3.05) is 6.54 Å². The van der Waals surface area contributed by atoms with E-state index in [1.54, 1.807) is 6.07 Å². The zero-order valence-electron chi connectivity index (χ0n) is 11.5. The van der Waals surface area contributed by atoms with Crippen molar-refractivity contribution in [1.82, 2.24) is 5.32 Å². The van der Waals surface area contributed by atoms with Gasteiger partial charge >= 0.3 is 0 Å². The number of aryl methyl sites for hydroxylation is 2. The molecule has 0 heterocycles. The molecule has 1 aliphatic carbocycles. The first-order valence-electron chi connectivity index (χ1n) is 7.13. The van der Waals surface area contributed by atoms with Crippen LogP contribution in [-0.2, 0) is 6.42 Å². The second kappa shape index (κ2) is 6.33. The summed E-state index contributed by atoms with van der Waals surface area (Å²) in [5.41, 5.74) is 2.02. The fraction of sp³-hybridized carbons (Fsp3) is 0.625. The second-order valence-electron chi connectivity index (χ2n) is 5.74. The highest BCUT2D eigenvalue weighted by atomic mass is 19.1. The molecule has 0 radical (unpaired) electrons. The van der Waals surface area contributed by atoms with Crippen molar-refractivity contribution in [3.8, 4) is 0 Å². The van der Waals surface area contributed by atoms with Crippen LogP contribution in [0.1, 0.15) is 43.7 Å². The van der Waals surface area contributed by atoms with Crippen molar-refractivity contribution in [3.63, 3.8) is 0 Å². The Balaban J connectivity index is 1.67. The Bertz CT molecular complexity index is 385. The first-order valence-corrected chi connectivity index (χ1v) is 7.13. The van der Waals surface area contributed by atoms with Gasteiger partial charge in [-0.25, -0.2) is 4.39 Å². The molecule has 1 aliphatic rings. The van der Waals surface area contributed by atoms with Gasteiger partial charge in [0.25, 0.3) is 0 Å². The monoisotopic (exact) mass is 249 g/mol. The average Bonchev–Trinajstić information content (AvgIpc) is 3.15.